The van der Waals surface area contributed by atoms with Crippen LogP contribution in [0.25, 0.3) is 0 Å². The molecule has 3 heterocycles. The number of hydrogen-bond acceptors (Lipinski definition) is 2. The van der Waals surface area contributed by atoms with E-state index in [9.17, 15) is 0 Å². The number of fused-ring (bicyclic) bond motifs is 2. The van der Waals surface area contributed by atoms with Gasteiger partial charge in [0.25, 0.3) is 0 Å². The lowest BCUT2D eigenvalue weighted by Crippen LogP contribution is -2.54. The van der Waals surface area contributed by atoms with Crippen LogP contribution in [0.15, 0.2) is 78.9 Å². The molecule has 2 atom stereocenters. The van der Waals surface area contributed by atoms with Crippen molar-refractivity contribution in [2.24, 2.45) is 0 Å². The second-order valence-electron chi connectivity index (χ2n) is 10.8. The quantitative estimate of drug-likeness (QED) is 0.338. The number of halogens is 2. The molecule has 0 aliphatic carbocycles. The lowest BCUT2D eigenvalue weighted by Gasteiger charge is -2.51. The molecule has 3 saturated heterocycles. The first kappa shape index (κ1) is 23.6. The molecule has 3 aromatic rings. The smallest absolute Gasteiger partial charge is 0.0636 e. The average Bonchev–Trinajstić information content (AvgIpc) is 3.48. The third kappa shape index (κ3) is 4.44. The number of benzene rings is 3. The molecule has 2 bridgehead atoms. The maximum absolute atomic E-state index is 6.85. The molecule has 35 heavy (non-hydrogen) atoms. The van der Waals surface area contributed by atoms with E-state index in [0.29, 0.717) is 12.1 Å². The first-order valence-corrected chi connectivity index (χ1v) is 13.9. The van der Waals surface area contributed by atoms with Crippen LogP contribution in [0.1, 0.15) is 61.3 Å². The Morgan fingerprint density at radius 2 is 1.23 bits per heavy atom. The van der Waals surface area contributed by atoms with E-state index in [1.165, 1.54) is 74.8 Å². The van der Waals surface area contributed by atoms with Crippen molar-refractivity contribution in [1.82, 2.24) is 9.80 Å². The van der Waals surface area contributed by atoms with Crippen molar-refractivity contribution in [3.05, 3.63) is 106 Å². The molecule has 0 N–H and O–H groups in total. The van der Waals surface area contributed by atoms with Gasteiger partial charge in [-0.1, -0.05) is 89.9 Å². The summed E-state index contributed by atoms with van der Waals surface area (Å²) >= 11 is 13.7. The molecule has 0 unspecified atom stereocenters. The normalized spacial score (nSPS) is 27.1. The molecule has 4 heteroatoms. The Hall–Kier alpha value is -1.84. The molecule has 0 saturated carbocycles. The summed E-state index contributed by atoms with van der Waals surface area (Å²) in [5, 5.41) is 1.66. The highest BCUT2D eigenvalue weighted by Crippen LogP contribution is 2.53. The van der Waals surface area contributed by atoms with E-state index in [1.807, 2.05) is 24.3 Å². The molecule has 6 rings (SSSR count). The zero-order chi connectivity index (χ0) is 23.8. The Morgan fingerprint density at radius 3 is 1.77 bits per heavy atom. The molecule has 0 amide bonds. The van der Waals surface area contributed by atoms with Gasteiger partial charge in [-0.2, -0.15) is 0 Å². The Balaban J connectivity index is 1.41. The number of hydrogen-bond donors (Lipinski definition) is 0. The van der Waals surface area contributed by atoms with Crippen molar-refractivity contribution in [1.29, 1.82) is 0 Å². The summed E-state index contributed by atoms with van der Waals surface area (Å²) in [4.78, 5) is 5.51. The Morgan fingerprint density at radius 1 is 0.714 bits per heavy atom. The van der Waals surface area contributed by atoms with Crippen LogP contribution in [0.3, 0.4) is 0 Å². The van der Waals surface area contributed by atoms with E-state index in [4.69, 9.17) is 23.2 Å². The summed E-state index contributed by atoms with van der Waals surface area (Å²) in [6.45, 7) is 3.67. The Bertz CT molecular complexity index is 1100. The van der Waals surface area contributed by atoms with E-state index in [1.54, 1.807) is 0 Å². The number of rotatable bonds is 6. The zero-order valence-electron chi connectivity index (χ0n) is 20.3. The number of nitrogens with zero attached hydrogens (tertiary/aromatic N) is 2. The van der Waals surface area contributed by atoms with Crippen molar-refractivity contribution in [3.63, 3.8) is 0 Å². The third-order valence-corrected chi connectivity index (χ3v) is 9.43. The van der Waals surface area contributed by atoms with Crippen LogP contribution < -0.4 is 0 Å². The minimum absolute atomic E-state index is 0.0791. The maximum atomic E-state index is 6.85. The van der Waals surface area contributed by atoms with Crippen LogP contribution in [-0.4, -0.2) is 41.5 Å². The van der Waals surface area contributed by atoms with E-state index in [2.05, 4.69) is 64.4 Å². The summed E-state index contributed by atoms with van der Waals surface area (Å²) in [5.41, 5.74) is 4.08. The van der Waals surface area contributed by atoms with E-state index >= 15 is 0 Å². The molecular weight excluding hydrogens is 471 g/mol. The highest BCUT2D eigenvalue weighted by atomic mass is 35.5. The van der Waals surface area contributed by atoms with Gasteiger partial charge in [0.05, 0.1) is 6.04 Å². The van der Waals surface area contributed by atoms with Gasteiger partial charge in [0.1, 0.15) is 0 Å². The lowest BCUT2D eigenvalue weighted by atomic mass is 9.69. The van der Waals surface area contributed by atoms with Crippen molar-refractivity contribution in [3.8, 4) is 0 Å². The Labute approximate surface area is 219 Å². The zero-order valence-corrected chi connectivity index (χ0v) is 21.8. The first-order valence-electron chi connectivity index (χ1n) is 13.2. The molecule has 0 spiro atoms. The molecule has 2 nitrogen and oxygen atoms in total. The minimum atomic E-state index is 0.0791. The molecule has 3 aliphatic heterocycles. The fraction of sp³-hybridized carbons (Fsp3) is 0.419. The van der Waals surface area contributed by atoms with Crippen LogP contribution in [0.2, 0.25) is 10.0 Å². The predicted octanol–water partition coefficient (Wildman–Crippen LogP) is 7.74. The highest BCUT2D eigenvalue weighted by molar-refractivity contribution is 6.32. The maximum Gasteiger partial charge on any atom is 0.0636 e. The van der Waals surface area contributed by atoms with Gasteiger partial charge in [-0.25, -0.2) is 0 Å². The second-order valence-corrected chi connectivity index (χ2v) is 11.6. The van der Waals surface area contributed by atoms with Gasteiger partial charge in [0.15, 0.2) is 0 Å². The van der Waals surface area contributed by atoms with Gasteiger partial charge in [-0.15, -0.1) is 0 Å². The van der Waals surface area contributed by atoms with Crippen molar-refractivity contribution < 1.29 is 0 Å². The molecule has 3 aliphatic rings. The monoisotopic (exact) mass is 504 g/mol. The summed E-state index contributed by atoms with van der Waals surface area (Å²) in [6.07, 6.45) is 7.54. The van der Waals surface area contributed by atoms with Crippen molar-refractivity contribution >= 4 is 23.2 Å². The summed E-state index contributed by atoms with van der Waals surface area (Å²) < 4.78 is 0. The van der Waals surface area contributed by atoms with Gasteiger partial charge >= 0.3 is 0 Å². The molecule has 3 aromatic carbocycles. The predicted molar refractivity (Wildman–Crippen MR) is 146 cm³/mol. The molecular formula is C31H34Cl2N2. The Kier molecular flexibility index (Phi) is 6.66. The topological polar surface area (TPSA) is 6.48 Å². The minimum Gasteiger partial charge on any atom is -0.302 e. The third-order valence-electron chi connectivity index (χ3n) is 8.74. The SMILES string of the molecule is Clc1ccccc1C(c1ccccc1Cl)N1[C@H]2CC[C@H]1CC(CN1CCCC1)(c1ccccc1)C2. The van der Waals surface area contributed by atoms with E-state index in [0.717, 1.165) is 10.0 Å². The van der Waals surface area contributed by atoms with Crippen molar-refractivity contribution in [2.45, 2.75) is 62.1 Å². The fourth-order valence-corrected chi connectivity index (χ4v) is 7.78. The average molecular weight is 506 g/mol. The van der Waals surface area contributed by atoms with Gasteiger partial charge < -0.3 is 4.90 Å². The van der Waals surface area contributed by atoms with Gasteiger partial charge in [0.2, 0.25) is 0 Å². The van der Waals surface area contributed by atoms with Gasteiger partial charge in [-0.3, -0.25) is 4.90 Å². The molecule has 0 aromatic heterocycles. The van der Waals surface area contributed by atoms with Crippen LogP contribution >= 0.6 is 23.2 Å². The number of piperidine rings is 1. The van der Waals surface area contributed by atoms with E-state index in [-0.39, 0.29) is 11.5 Å². The van der Waals surface area contributed by atoms with Crippen molar-refractivity contribution in [2.75, 3.05) is 19.6 Å². The van der Waals surface area contributed by atoms with Crippen LogP contribution in [0.5, 0.6) is 0 Å². The van der Waals surface area contributed by atoms with Crippen LogP contribution in [-0.2, 0) is 5.41 Å². The fourth-order valence-electron chi connectivity index (χ4n) is 7.30. The first-order chi connectivity index (χ1) is 17.1. The summed E-state index contributed by atoms with van der Waals surface area (Å²) in [7, 11) is 0. The highest BCUT2D eigenvalue weighted by Gasteiger charge is 2.52. The molecule has 182 valence electrons. The van der Waals surface area contributed by atoms with Crippen LogP contribution in [0.4, 0.5) is 0 Å². The summed E-state index contributed by atoms with van der Waals surface area (Å²) in [5.74, 6) is 0. The van der Waals surface area contributed by atoms with Crippen LogP contribution in [0, 0.1) is 0 Å². The molecule has 0 radical (unpaired) electrons. The van der Waals surface area contributed by atoms with Gasteiger partial charge in [0, 0.05) is 34.1 Å². The van der Waals surface area contributed by atoms with Gasteiger partial charge in [-0.05, 0) is 80.4 Å². The largest absolute Gasteiger partial charge is 0.302 e. The number of likely N-dealkylation sites (tertiary alicyclic amines) is 1. The second kappa shape index (κ2) is 9.90. The van der Waals surface area contributed by atoms with E-state index < -0.39 is 0 Å². The lowest BCUT2D eigenvalue weighted by molar-refractivity contribution is 0.0432. The summed E-state index contributed by atoms with van der Waals surface area (Å²) in [6, 6.07) is 29.2. The standard InChI is InChI=1S/C31H34Cl2N2/c32-28-14-6-4-12-26(28)30(27-13-5-7-15-29(27)33)35-24-16-17-25(35)21-31(20-24,22-34-18-8-9-19-34)23-10-2-1-3-11-23/h1-7,10-15,24-25,30H,8-9,16-22H2/t24-,25-/m0/s1. The molecule has 3 fully saturated rings.